The molecule has 3 nitrogen and oxygen atoms in total. The predicted molar refractivity (Wildman–Crippen MR) is 59.7 cm³/mol. The Bertz CT molecular complexity index is 435. The van der Waals surface area contributed by atoms with Crippen molar-refractivity contribution in [2.45, 2.75) is 18.9 Å². The molecule has 1 atom stereocenters. The number of rotatable bonds is 3. The minimum atomic E-state index is -0.647. The summed E-state index contributed by atoms with van der Waals surface area (Å²) in [6, 6.07) is 2.63. The quantitative estimate of drug-likeness (QED) is 0.628. The summed E-state index contributed by atoms with van der Waals surface area (Å²) in [7, 11) is 0. The first kappa shape index (κ1) is 12.0. The number of hydrazine groups is 1. The van der Waals surface area contributed by atoms with Gasteiger partial charge < -0.3 is 4.74 Å². The summed E-state index contributed by atoms with van der Waals surface area (Å²) in [5.41, 5.74) is 2.61. The number of ether oxygens (including phenoxy) is 1. The van der Waals surface area contributed by atoms with Gasteiger partial charge in [0.2, 0.25) is 0 Å². The molecule has 3 N–H and O–H groups in total. The molecule has 0 fully saturated rings. The SMILES string of the molecule is NNC(C1=CCCCO1)c1cc(F)ccc1F. The minimum absolute atomic E-state index is 0.153. The summed E-state index contributed by atoms with van der Waals surface area (Å²) < 4.78 is 32.1. The standard InChI is InChI=1S/C12H14F2N2O/c13-8-4-5-10(14)9(7-8)12(16-15)11-3-1-2-6-17-11/h3-5,7,12,16H,1-2,6,15H2. The van der Waals surface area contributed by atoms with Crippen molar-refractivity contribution in [1.29, 1.82) is 0 Å². The van der Waals surface area contributed by atoms with Gasteiger partial charge in [0.05, 0.1) is 6.61 Å². The highest BCUT2D eigenvalue weighted by Crippen LogP contribution is 2.27. The van der Waals surface area contributed by atoms with E-state index in [1.807, 2.05) is 6.08 Å². The zero-order valence-electron chi connectivity index (χ0n) is 9.25. The van der Waals surface area contributed by atoms with Crippen molar-refractivity contribution in [3.8, 4) is 0 Å². The summed E-state index contributed by atoms with van der Waals surface area (Å²) in [6.07, 6.45) is 3.62. The number of hydrogen-bond donors (Lipinski definition) is 2. The molecular weight excluding hydrogens is 226 g/mol. The first-order chi connectivity index (χ1) is 8.22. The average Bonchev–Trinajstić information content (AvgIpc) is 2.36. The maximum absolute atomic E-state index is 13.6. The van der Waals surface area contributed by atoms with Crippen LogP contribution in [-0.2, 0) is 4.74 Å². The molecule has 0 saturated heterocycles. The molecule has 0 spiro atoms. The molecule has 1 heterocycles. The number of halogens is 2. The van der Waals surface area contributed by atoms with Crippen LogP contribution in [0, 0.1) is 11.6 Å². The molecule has 0 saturated carbocycles. The van der Waals surface area contributed by atoms with Crippen LogP contribution in [0.4, 0.5) is 8.78 Å². The third-order valence-corrected chi connectivity index (χ3v) is 2.68. The van der Waals surface area contributed by atoms with E-state index in [1.165, 1.54) is 0 Å². The van der Waals surface area contributed by atoms with E-state index < -0.39 is 17.7 Å². The van der Waals surface area contributed by atoms with E-state index in [9.17, 15) is 8.78 Å². The molecule has 1 aliphatic heterocycles. The second-order valence-corrected chi connectivity index (χ2v) is 3.86. The number of hydrogen-bond acceptors (Lipinski definition) is 3. The molecule has 1 aliphatic rings. The molecule has 0 radical (unpaired) electrons. The van der Waals surface area contributed by atoms with E-state index in [0.717, 1.165) is 31.0 Å². The highest BCUT2D eigenvalue weighted by molar-refractivity contribution is 5.28. The molecule has 5 heteroatoms. The Morgan fingerprint density at radius 2 is 2.18 bits per heavy atom. The fourth-order valence-electron chi connectivity index (χ4n) is 1.84. The highest BCUT2D eigenvalue weighted by atomic mass is 19.1. The second kappa shape index (κ2) is 5.25. The van der Waals surface area contributed by atoms with Crippen molar-refractivity contribution in [3.05, 3.63) is 47.2 Å². The van der Waals surface area contributed by atoms with E-state index in [0.29, 0.717) is 12.4 Å². The molecule has 1 aromatic carbocycles. The van der Waals surface area contributed by atoms with Gasteiger partial charge >= 0.3 is 0 Å². The van der Waals surface area contributed by atoms with Crippen LogP contribution in [-0.4, -0.2) is 6.61 Å². The smallest absolute Gasteiger partial charge is 0.128 e. The van der Waals surface area contributed by atoms with E-state index in [1.54, 1.807) is 0 Å². The van der Waals surface area contributed by atoms with Crippen LogP contribution >= 0.6 is 0 Å². The molecule has 1 unspecified atom stereocenters. The van der Waals surface area contributed by atoms with E-state index in [-0.39, 0.29) is 5.56 Å². The van der Waals surface area contributed by atoms with Crippen molar-refractivity contribution in [1.82, 2.24) is 5.43 Å². The van der Waals surface area contributed by atoms with Gasteiger partial charge in [-0.1, -0.05) is 0 Å². The minimum Gasteiger partial charge on any atom is -0.496 e. The lowest BCUT2D eigenvalue weighted by molar-refractivity contribution is 0.167. The van der Waals surface area contributed by atoms with Crippen LogP contribution in [0.1, 0.15) is 24.4 Å². The normalized spacial score (nSPS) is 17.2. The van der Waals surface area contributed by atoms with Crippen molar-refractivity contribution >= 4 is 0 Å². The summed E-state index contributed by atoms with van der Waals surface area (Å²) >= 11 is 0. The van der Waals surface area contributed by atoms with Crippen molar-refractivity contribution < 1.29 is 13.5 Å². The molecule has 92 valence electrons. The van der Waals surface area contributed by atoms with Crippen molar-refractivity contribution in [3.63, 3.8) is 0 Å². The molecule has 17 heavy (non-hydrogen) atoms. The van der Waals surface area contributed by atoms with Crippen LogP contribution in [0.15, 0.2) is 30.0 Å². The zero-order valence-corrected chi connectivity index (χ0v) is 9.25. The van der Waals surface area contributed by atoms with Gasteiger partial charge in [0.25, 0.3) is 0 Å². The first-order valence-electron chi connectivity index (χ1n) is 5.46. The first-order valence-corrected chi connectivity index (χ1v) is 5.46. The van der Waals surface area contributed by atoms with Crippen LogP contribution in [0.2, 0.25) is 0 Å². The lowest BCUT2D eigenvalue weighted by Crippen LogP contribution is -2.31. The number of allylic oxidation sites excluding steroid dienone is 1. The predicted octanol–water partition coefficient (Wildman–Crippen LogP) is 2.16. The van der Waals surface area contributed by atoms with Gasteiger partial charge in [0.1, 0.15) is 23.4 Å². The molecule has 2 rings (SSSR count). The number of benzene rings is 1. The van der Waals surface area contributed by atoms with Crippen molar-refractivity contribution in [2.24, 2.45) is 5.84 Å². The van der Waals surface area contributed by atoms with Gasteiger partial charge in [-0.3, -0.25) is 5.84 Å². The summed E-state index contributed by atoms with van der Waals surface area (Å²) in [4.78, 5) is 0. The fourth-order valence-corrected chi connectivity index (χ4v) is 1.84. The fraction of sp³-hybridized carbons (Fsp3) is 0.333. The maximum Gasteiger partial charge on any atom is 0.128 e. The lowest BCUT2D eigenvalue weighted by Gasteiger charge is -2.23. The van der Waals surface area contributed by atoms with Crippen LogP contribution in [0.3, 0.4) is 0 Å². The Balaban J connectivity index is 2.34. The Kier molecular flexibility index (Phi) is 3.71. The van der Waals surface area contributed by atoms with Gasteiger partial charge in [-0.15, -0.1) is 0 Å². The van der Waals surface area contributed by atoms with Gasteiger partial charge in [0, 0.05) is 5.56 Å². The number of nitrogens with one attached hydrogen (secondary N) is 1. The molecular formula is C12H14F2N2O. The van der Waals surface area contributed by atoms with Gasteiger partial charge in [-0.2, -0.15) is 0 Å². The van der Waals surface area contributed by atoms with Gasteiger partial charge in [-0.05, 0) is 37.1 Å². The maximum atomic E-state index is 13.6. The summed E-state index contributed by atoms with van der Waals surface area (Å²) in [6.45, 7) is 0.570. The van der Waals surface area contributed by atoms with Crippen LogP contribution in [0.25, 0.3) is 0 Å². The molecule has 0 aromatic heterocycles. The zero-order chi connectivity index (χ0) is 12.3. The molecule has 1 aromatic rings. The van der Waals surface area contributed by atoms with Crippen LogP contribution < -0.4 is 11.3 Å². The van der Waals surface area contributed by atoms with E-state index in [4.69, 9.17) is 10.6 Å². The summed E-state index contributed by atoms with van der Waals surface area (Å²) in [5, 5.41) is 0. The Hall–Kier alpha value is -1.46. The monoisotopic (exact) mass is 240 g/mol. The average molecular weight is 240 g/mol. The lowest BCUT2D eigenvalue weighted by atomic mass is 10.0. The van der Waals surface area contributed by atoms with E-state index >= 15 is 0 Å². The third-order valence-electron chi connectivity index (χ3n) is 2.68. The Morgan fingerprint density at radius 1 is 1.35 bits per heavy atom. The van der Waals surface area contributed by atoms with E-state index in [2.05, 4.69) is 5.43 Å². The Morgan fingerprint density at radius 3 is 2.82 bits per heavy atom. The molecule has 0 bridgehead atoms. The Labute approximate surface area is 98.2 Å². The highest BCUT2D eigenvalue weighted by Gasteiger charge is 2.22. The topological polar surface area (TPSA) is 47.3 Å². The van der Waals surface area contributed by atoms with Crippen molar-refractivity contribution in [2.75, 3.05) is 6.61 Å². The van der Waals surface area contributed by atoms with Gasteiger partial charge in [0.15, 0.2) is 0 Å². The summed E-state index contributed by atoms with van der Waals surface area (Å²) in [5.74, 6) is 4.93. The molecule has 0 aliphatic carbocycles. The van der Waals surface area contributed by atoms with Crippen LogP contribution in [0.5, 0.6) is 0 Å². The second-order valence-electron chi connectivity index (χ2n) is 3.86. The third kappa shape index (κ3) is 2.62. The molecule has 0 amide bonds. The number of nitrogens with two attached hydrogens (primary N) is 1. The largest absolute Gasteiger partial charge is 0.496 e. The van der Waals surface area contributed by atoms with Gasteiger partial charge in [-0.25, -0.2) is 14.2 Å².